The summed E-state index contributed by atoms with van der Waals surface area (Å²) in [6.07, 6.45) is 11.6. The van der Waals surface area contributed by atoms with Crippen LogP contribution in [0.4, 0.5) is 0 Å². The molecule has 0 spiro atoms. The lowest BCUT2D eigenvalue weighted by molar-refractivity contribution is 0.249. The van der Waals surface area contributed by atoms with Crippen molar-refractivity contribution < 1.29 is 0 Å². The number of nitrogens with one attached hydrogen (secondary N) is 1. The van der Waals surface area contributed by atoms with Gasteiger partial charge in [-0.05, 0) is 64.6 Å². The number of nitrogens with zero attached hydrogens (tertiary/aromatic N) is 1. The highest BCUT2D eigenvalue weighted by Gasteiger charge is 2.26. The molecule has 1 N–H and O–H groups in total. The van der Waals surface area contributed by atoms with Crippen molar-refractivity contribution in [1.82, 2.24) is 10.2 Å². The molecule has 17 heavy (non-hydrogen) atoms. The summed E-state index contributed by atoms with van der Waals surface area (Å²) in [4.78, 5) is 2.58. The number of hydrogen-bond donors (Lipinski definition) is 1. The maximum atomic E-state index is 3.49. The van der Waals surface area contributed by atoms with E-state index in [1.165, 1.54) is 64.5 Å². The highest BCUT2D eigenvalue weighted by atomic mass is 15.1. The third-order valence-corrected chi connectivity index (χ3v) is 4.96. The van der Waals surface area contributed by atoms with E-state index in [9.17, 15) is 0 Å². The summed E-state index contributed by atoms with van der Waals surface area (Å²) in [6.45, 7) is 2.65. The van der Waals surface area contributed by atoms with Crippen molar-refractivity contribution in [1.29, 1.82) is 0 Å². The highest BCUT2D eigenvalue weighted by molar-refractivity contribution is 4.82. The van der Waals surface area contributed by atoms with Crippen LogP contribution in [0.1, 0.15) is 51.4 Å². The quantitative estimate of drug-likeness (QED) is 0.765. The molecule has 0 aliphatic heterocycles. The minimum absolute atomic E-state index is 0.801. The SMILES string of the molecule is CNC1CCCC1CCN(C)CC1CCCC1. The molecule has 2 unspecified atom stereocenters. The van der Waals surface area contributed by atoms with Crippen molar-refractivity contribution in [3.63, 3.8) is 0 Å². The average molecular weight is 238 g/mol. The molecule has 2 nitrogen and oxygen atoms in total. The Balaban J connectivity index is 1.63. The van der Waals surface area contributed by atoms with Crippen LogP contribution in [0.15, 0.2) is 0 Å². The number of rotatable bonds is 6. The second-order valence-electron chi connectivity index (χ2n) is 6.29. The van der Waals surface area contributed by atoms with Gasteiger partial charge in [0.05, 0.1) is 0 Å². The average Bonchev–Trinajstić information content (AvgIpc) is 2.96. The molecule has 2 aliphatic carbocycles. The van der Waals surface area contributed by atoms with Crippen LogP contribution < -0.4 is 5.32 Å². The van der Waals surface area contributed by atoms with Crippen LogP contribution in [-0.4, -0.2) is 38.1 Å². The van der Waals surface area contributed by atoms with E-state index >= 15 is 0 Å². The van der Waals surface area contributed by atoms with Gasteiger partial charge < -0.3 is 10.2 Å². The Kier molecular flexibility index (Phi) is 5.30. The predicted molar refractivity (Wildman–Crippen MR) is 74.3 cm³/mol. The Morgan fingerprint density at radius 1 is 1.06 bits per heavy atom. The van der Waals surface area contributed by atoms with Gasteiger partial charge in [0.15, 0.2) is 0 Å². The van der Waals surface area contributed by atoms with E-state index in [0.29, 0.717) is 0 Å². The summed E-state index contributed by atoms with van der Waals surface area (Å²) in [6, 6.07) is 0.801. The van der Waals surface area contributed by atoms with Gasteiger partial charge in [-0.3, -0.25) is 0 Å². The first kappa shape index (κ1) is 13.4. The molecule has 0 aromatic rings. The van der Waals surface area contributed by atoms with Gasteiger partial charge in [0.25, 0.3) is 0 Å². The van der Waals surface area contributed by atoms with E-state index in [1.807, 2.05) is 0 Å². The molecule has 0 amide bonds. The Labute approximate surface area is 107 Å². The van der Waals surface area contributed by atoms with E-state index in [0.717, 1.165) is 17.9 Å². The molecular formula is C15H30N2. The van der Waals surface area contributed by atoms with Crippen molar-refractivity contribution >= 4 is 0 Å². The topological polar surface area (TPSA) is 15.3 Å². The standard InChI is InChI=1S/C15H30N2/c1-16-15-9-5-8-14(15)10-11-17(2)12-13-6-3-4-7-13/h13-16H,3-12H2,1-2H3. The van der Waals surface area contributed by atoms with Crippen molar-refractivity contribution in [2.24, 2.45) is 11.8 Å². The molecule has 0 heterocycles. The molecule has 0 aromatic heterocycles. The van der Waals surface area contributed by atoms with Crippen molar-refractivity contribution in [3.05, 3.63) is 0 Å². The molecule has 2 rings (SSSR count). The van der Waals surface area contributed by atoms with Gasteiger partial charge in [0.2, 0.25) is 0 Å². The lowest BCUT2D eigenvalue weighted by atomic mass is 9.99. The lowest BCUT2D eigenvalue weighted by Crippen LogP contribution is -2.32. The molecule has 0 radical (unpaired) electrons. The van der Waals surface area contributed by atoms with Crippen molar-refractivity contribution in [2.45, 2.75) is 57.4 Å². The minimum Gasteiger partial charge on any atom is -0.317 e. The molecule has 100 valence electrons. The normalized spacial score (nSPS) is 30.5. The van der Waals surface area contributed by atoms with Crippen LogP contribution >= 0.6 is 0 Å². The van der Waals surface area contributed by atoms with E-state index in [4.69, 9.17) is 0 Å². The highest BCUT2D eigenvalue weighted by Crippen LogP contribution is 2.29. The second-order valence-corrected chi connectivity index (χ2v) is 6.29. The first-order chi connectivity index (χ1) is 8.29. The van der Waals surface area contributed by atoms with E-state index in [1.54, 1.807) is 0 Å². The molecule has 0 saturated heterocycles. The summed E-state index contributed by atoms with van der Waals surface area (Å²) in [5, 5.41) is 3.49. The van der Waals surface area contributed by atoms with Gasteiger partial charge in [-0.1, -0.05) is 19.3 Å². The zero-order valence-corrected chi connectivity index (χ0v) is 11.8. The first-order valence-corrected chi connectivity index (χ1v) is 7.65. The molecule has 2 aliphatic rings. The third kappa shape index (κ3) is 3.96. The Morgan fingerprint density at radius 2 is 1.82 bits per heavy atom. The number of hydrogen-bond acceptors (Lipinski definition) is 2. The molecule has 2 fully saturated rings. The van der Waals surface area contributed by atoms with Crippen LogP contribution in [-0.2, 0) is 0 Å². The Bertz CT molecular complexity index is 211. The van der Waals surface area contributed by atoms with E-state index in [-0.39, 0.29) is 0 Å². The largest absolute Gasteiger partial charge is 0.317 e. The van der Waals surface area contributed by atoms with Gasteiger partial charge in [-0.2, -0.15) is 0 Å². The monoisotopic (exact) mass is 238 g/mol. The summed E-state index contributed by atoms with van der Waals surface area (Å²) >= 11 is 0. The van der Waals surface area contributed by atoms with E-state index < -0.39 is 0 Å². The molecule has 2 atom stereocenters. The second kappa shape index (κ2) is 6.75. The summed E-state index contributed by atoms with van der Waals surface area (Å²) in [5.41, 5.74) is 0. The molecule has 0 aromatic carbocycles. The summed E-state index contributed by atoms with van der Waals surface area (Å²) in [7, 11) is 4.45. The van der Waals surface area contributed by atoms with Gasteiger partial charge in [-0.15, -0.1) is 0 Å². The molecule has 0 bridgehead atoms. The van der Waals surface area contributed by atoms with Gasteiger partial charge in [0, 0.05) is 12.6 Å². The van der Waals surface area contributed by atoms with Gasteiger partial charge in [-0.25, -0.2) is 0 Å². The lowest BCUT2D eigenvalue weighted by Gasteiger charge is -2.24. The van der Waals surface area contributed by atoms with Crippen molar-refractivity contribution in [3.8, 4) is 0 Å². The summed E-state index contributed by atoms with van der Waals surface area (Å²) in [5.74, 6) is 1.94. The van der Waals surface area contributed by atoms with Crippen LogP contribution in [0.2, 0.25) is 0 Å². The zero-order chi connectivity index (χ0) is 12.1. The first-order valence-electron chi connectivity index (χ1n) is 7.65. The maximum absolute atomic E-state index is 3.49. The maximum Gasteiger partial charge on any atom is 0.00928 e. The van der Waals surface area contributed by atoms with Crippen LogP contribution in [0.3, 0.4) is 0 Å². The van der Waals surface area contributed by atoms with Crippen molar-refractivity contribution in [2.75, 3.05) is 27.2 Å². The predicted octanol–water partition coefficient (Wildman–Crippen LogP) is 2.89. The fourth-order valence-corrected chi connectivity index (χ4v) is 3.87. The van der Waals surface area contributed by atoms with Gasteiger partial charge in [0.1, 0.15) is 0 Å². The van der Waals surface area contributed by atoms with E-state index in [2.05, 4.69) is 24.3 Å². The minimum atomic E-state index is 0.801. The third-order valence-electron chi connectivity index (χ3n) is 4.96. The van der Waals surface area contributed by atoms with Crippen LogP contribution in [0.25, 0.3) is 0 Å². The summed E-state index contributed by atoms with van der Waals surface area (Å²) < 4.78 is 0. The molecule has 2 heteroatoms. The Hall–Kier alpha value is -0.0800. The smallest absolute Gasteiger partial charge is 0.00928 e. The molecule has 2 saturated carbocycles. The van der Waals surface area contributed by atoms with Crippen LogP contribution in [0.5, 0.6) is 0 Å². The fourth-order valence-electron chi connectivity index (χ4n) is 3.87. The van der Waals surface area contributed by atoms with Gasteiger partial charge >= 0.3 is 0 Å². The fraction of sp³-hybridized carbons (Fsp3) is 1.00. The molecular weight excluding hydrogens is 208 g/mol. The van der Waals surface area contributed by atoms with Crippen LogP contribution in [0, 0.1) is 11.8 Å². The Morgan fingerprint density at radius 3 is 2.53 bits per heavy atom. The zero-order valence-electron chi connectivity index (χ0n) is 11.8.